The van der Waals surface area contributed by atoms with E-state index < -0.39 is 34.8 Å². The molecule has 0 aromatic heterocycles. The van der Waals surface area contributed by atoms with E-state index in [0.717, 1.165) is 0 Å². The lowest BCUT2D eigenvalue weighted by atomic mass is 10.0. The van der Waals surface area contributed by atoms with E-state index in [4.69, 9.17) is 0 Å². The third-order valence-corrected chi connectivity index (χ3v) is 3.94. The summed E-state index contributed by atoms with van der Waals surface area (Å²) in [6.07, 6.45) is 1.23. The highest BCUT2D eigenvalue weighted by atomic mass is 19.2. The molecule has 0 aliphatic carbocycles. The zero-order valence-corrected chi connectivity index (χ0v) is 11.8. The van der Waals surface area contributed by atoms with Gasteiger partial charge in [0.15, 0.2) is 23.3 Å². The number of piperazine rings is 1. The Balaban J connectivity index is 2.52. The monoisotopic (exact) mass is 308 g/mol. The Morgan fingerprint density at radius 2 is 1.43 bits per heavy atom. The van der Waals surface area contributed by atoms with Gasteiger partial charge >= 0.3 is 0 Å². The molecule has 0 bridgehead atoms. The lowest BCUT2D eigenvalue weighted by Gasteiger charge is -2.41. The predicted molar refractivity (Wildman–Crippen MR) is 69.7 cm³/mol. The molecule has 2 atom stereocenters. The molecule has 0 spiro atoms. The molecule has 0 radical (unpaired) electrons. The molecule has 2 rings (SSSR count). The molecule has 0 amide bonds. The maximum Gasteiger partial charge on any atom is 0.200 e. The van der Waals surface area contributed by atoms with Crippen molar-refractivity contribution >= 4 is 5.69 Å². The number of nitrogens with one attached hydrogen (secondary N) is 1. The number of rotatable bonds is 3. The average molecular weight is 308 g/mol. The van der Waals surface area contributed by atoms with Crippen LogP contribution in [0.4, 0.5) is 27.6 Å². The summed E-state index contributed by atoms with van der Waals surface area (Å²) in [5.41, 5.74) is -0.821. The van der Waals surface area contributed by atoms with Gasteiger partial charge < -0.3 is 10.2 Å². The third kappa shape index (κ3) is 2.71. The van der Waals surface area contributed by atoms with E-state index in [1.54, 1.807) is 6.92 Å². The van der Waals surface area contributed by atoms with Gasteiger partial charge in [-0.3, -0.25) is 0 Å². The molecule has 1 aliphatic rings. The van der Waals surface area contributed by atoms with Crippen LogP contribution in [0.3, 0.4) is 0 Å². The average Bonchev–Trinajstić information content (AvgIpc) is 2.51. The van der Waals surface area contributed by atoms with E-state index >= 15 is 0 Å². The zero-order chi connectivity index (χ0) is 15.7. The second-order valence-electron chi connectivity index (χ2n) is 5.15. The Morgan fingerprint density at radius 1 is 0.905 bits per heavy atom. The van der Waals surface area contributed by atoms with E-state index in [2.05, 4.69) is 5.32 Å². The number of halogens is 5. The minimum absolute atomic E-state index is 0.0530. The molecule has 0 saturated carbocycles. The quantitative estimate of drug-likeness (QED) is 0.523. The molecule has 1 heterocycles. The largest absolute Gasteiger partial charge is 0.361 e. The maximum atomic E-state index is 13.9. The molecular weight excluding hydrogens is 291 g/mol. The summed E-state index contributed by atoms with van der Waals surface area (Å²) in [6.45, 7) is 4.33. The summed E-state index contributed by atoms with van der Waals surface area (Å²) in [6, 6.07) is -0.371. The first kappa shape index (κ1) is 16.0. The van der Waals surface area contributed by atoms with Gasteiger partial charge in [-0.25, -0.2) is 22.0 Å². The summed E-state index contributed by atoms with van der Waals surface area (Å²) in [4.78, 5) is 1.29. The van der Waals surface area contributed by atoms with Crippen LogP contribution < -0.4 is 10.2 Å². The van der Waals surface area contributed by atoms with Gasteiger partial charge in [-0.15, -0.1) is 0 Å². The molecule has 2 nitrogen and oxygen atoms in total. The molecule has 1 saturated heterocycles. The van der Waals surface area contributed by atoms with Crippen LogP contribution in [0.5, 0.6) is 0 Å². The highest BCUT2D eigenvalue weighted by Gasteiger charge is 2.34. The van der Waals surface area contributed by atoms with E-state index in [9.17, 15) is 22.0 Å². The van der Waals surface area contributed by atoms with Crippen molar-refractivity contribution < 1.29 is 22.0 Å². The fourth-order valence-corrected chi connectivity index (χ4v) is 2.62. The van der Waals surface area contributed by atoms with Gasteiger partial charge in [-0.1, -0.05) is 13.8 Å². The minimum Gasteiger partial charge on any atom is -0.361 e. The van der Waals surface area contributed by atoms with Crippen molar-refractivity contribution in [3.63, 3.8) is 0 Å². The number of hydrogen-bond acceptors (Lipinski definition) is 2. The van der Waals surface area contributed by atoms with Crippen LogP contribution in [0, 0.1) is 29.1 Å². The molecule has 1 aliphatic heterocycles. The van der Waals surface area contributed by atoms with Crippen LogP contribution in [0.15, 0.2) is 0 Å². The Morgan fingerprint density at radius 3 is 1.90 bits per heavy atom. The summed E-state index contributed by atoms with van der Waals surface area (Å²) in [7, 11) is 0. The van der Waals surface area contributed by atoms with Crippen LogP contribution in [0.2, 0.25) is 0 Å². The number of anilines is 1. The van der Waals surface area contributed by atoms with E-state index in [0.29, 0.717) is 19.4 Å². The van der Waals surface area contributed by atoms with Gasteiger partial charge in [0, 0.05) is 25.2 Å². The first-order valence-electron chi connectivity index (χ1n) is 6.93. The summed E-state index contributed by atoms with van der Waals surface area (Å²) in [5, 5.41) is 3.20. The molecule has 2 unspecified atom stereocenters. The standard InChI is InChI=1S/C14H17F5N2/c1-3-7-6-21(8(4-2)5-20-7)14-12(18)10(16)9(15)11(17)13(14)19/h7-8,20H,3-6H2,1-2H3. The van der Waals surface area contributed by atoms with E-state index in [-0.39, 0.29) is 18.6 Å². The molecule has 1 fully saturated rings. The molecule has 21 heavy (non-hydrogen) atoms. The number of nitrogens with zero attached hydrogens (tertiary/aromatic N) is 1. The van der Waals surface area contributed by atoms with Gasteiger partial charge in [-0.2, -0.15) is 0 Å². The van der Waals surface area contributed by atoms with Gasteiger partial charge in [-0.05, 0) is 12.8 Å². The first-order valence-corrected chi connectivity index (χ1v) is 6.93. The number of hydrogen-bond donors (Lipinski definition) is 1. The van der Waals surface area contributed by atoms with Gasteiger partial charge in [0.25, 0.3) is 0 Å². The Labute approximate surface area is 119 Å². The molecular formula is C14H17F5N2. The lowest BCUT2D eigenvalue weighted by Crippen LogP contribution is -2.56. The predicted octanol–water partition coefficient (Wildman–Crippen LogP) is 3.35. The van der Waals surface area contributed by atoms with E-state index in [1.165, 1.54) is 4.90 Å². The smallest absolute Gasteiger partial charge is 0.200 e. The SMILES string of the molecule is CCC1CN(c2c(F)c(F)c(F)c(F)c2F)C(CC)CN1. The van der Waals surface area contributed by atoms with Crippen molar-refractivity contribution in [2.45, 2.75) is 38.8 Å². The Hall–Kier alpha value is -1.37. The molecule has 1 N–H and O–H groups in total. The van der Waals surface area contributed by atoms with Crippen molar-refractivity contribution in [1.29, 1.82) is 0 Å². The number of benzene rings is 1. The molecule has 1 aromatic rings. The Bertz CT molecular complexity index is 506. The lowest BCUT2D eigenvalue weighted by molar-refractivity contribution is 0.349. The maximum absolute atomic E-state index is 13.9. The van der Waals surface area contributed by atoms with Gasteiger partial charge in [0.2, 0.25) is 5.82 Å². The fraction of sp³-hybridized carbons (Fsp3) is 0.571. The Kier molecular flexibility index (Phi) is 4.70. The molecule has 1 aromatic carbocycles. The van der Waals surface area contributed by atoms with Crippen molar-refractivity contribution in [3.05, 3.63) is 29.1 Å². The first-order chi connectivity index (χ1) is 9.92. The van der Waals surface area contributed by atoms with Gasteiger partial charge in [0.1, 0.15) is 5.69 Å². The normalized spacial score (nSPS) is 22.7. The highest BCUT2D eigenvalue weighted by Crippen LogP contribution is 2.33. The summed E-state index contributed by atoms with van der Waals surface area (Å²) < 4.78 is 67.7. The van der Waals surface area contributed by atoms with Crippen molar-refractivity contribution in [1.82, 2.24) is 5.32 Å². The van der Waals surface area contributed by atoms with Crippen LogP contribution in [0.25, 0.3) is 0 Å². The van der Waals surface area contributed by atoms with Crippen molar-refractivity contribution in [2.24, 2.45) is 0 Å². The van der Waals surface area contributed by atoms with Crippen LogP contribution in [0.1, 0.15) is 26.7 Å². The highest BCUT2D eigenvalue weighted by molar-refractivity contribution is 5.52. The van der Waals surface area contributed by atoms with Gasteiger partial charge in [0.05, 0.1) is 0 Å². The molecule has 7 heteroatoms. The van der Waals surface area contributed by atoms with E-state index in [1.807, 2.05) is 6.92 Å². The zero-order valence-electron chi connectivity index (χ0n) is 11.8. The second kappa shape index (κ2) is 6.17. The van der Waals surface area contributed by atoms with Crippen LogP contribution in [-0.4, -0.2) is 25.2 Å². The molecule has 118 valence electrons. The third-order valence-electron chi connectivity index (χ3n) is 3.94. The summed E-state index contributed by atoms with van der Waals surface area (Å²) in [5.74, 6) is -9.44. The van der Waals surface area contributed by atoms with Crippen molar-refractivity contribution in [3.8, 4) is 0 Å². The second-order valence-corrected chi connectivity index (χ2v) is 5.15. The van der Waals surface area contributed by atoms with Crippen LogP contribution >= 0.6 is 0 Å². The van der Waals surface area contributed by atoms with Crippen LogP contribution in [-0.2, 0) is 0 Å². The topological polar surface area (TPSA) is 15.3 Å². The fourth-order valence-electron chi connectivity index (χ4n) is 2.62. The summed E-state index contributed by atoms with van der Waals surface area (Å²) >= 11 is 0. The minimum atomic E-state index is -2.12. The van der Waals surface area contributed by atoms with Crippen molar-refractivity contribution in [2.75, 3.05) is 18.0 Å².